The van der Waals surface area contributed by atoms with Crippen LogP contribution in [-0.4, -0.2) is 7.11 Å². The Balaban J connectivity index is 2.49. The molecule has 0 heterocycles. The first kappa shape index (κ1) is 11.6. The van der Waals surface area contributed by atoms with Crippen molar-refractivity contribution in [1.82, 2.24) is 0 Å². The molecule has 1 nitrogen and oxygen atoms in total. The fraction of sp³-hybridized carbons (Fsp3) is 0.143. The van der Waals surface area contributed by atoms with Crippen molar-refractivity contribution in [3.63, 3.8) is 0 Å². The van der Waals surface area contributed by atoms with Gasteiger partial charge in [-0.15, -0.1) is 0 Å². The van der Waals surface area contributed by atoms with Gasteiger partial charge in [0.2, 0.25) is 0 Å². The van der Waals surface area contributed by atoms with E-state index < -0.39 is 5.82 Å². The zero-order valence-electron chi connectivity index (χ0n) is 9.63. The van der Waals surface area contributed by atoms with Gasteiger partial charge in [0.05, 0.1) is 7.11 Å². The molecule has 2 aromatic rings. The molecule has 0 aliphatic heterocycles. The second-order valence-corrected chi connectivity index (χ2v) is 3.81. The average Bonchev–Trinajstić information content (AvgIpc) is 2.32. The van der Waals surface area contributed by atoms with Gasteiger partial charge in [0, 0.05) is 11.6 Å². The molecule has 2 aromatic carbocycles. The van der Waals surface area contributed by atoms with Gasteiger partial charge in [0.15, 0.2) is 0 Å². The molecule has 0 amide bonds. The number of aryl methyl sites for hydroxylation is 1. The van der Waals surface area contributed by atoms with Crippen LogP contribution >= 0.6 is 0 Å². The Labute approximate surface area is 98.7 Å². The second-order valence-electron chi connectivity index (χ2n) is 3.81. The van der Waals surface area contributed by atoms with Crippen molar-refractivity contribution in [2.45, 2.75) is 6.92 Å². The molecule has 0 aromatic heterocycles. The summed E-state index contributed by atoms with van der Waals surface area (Å²) in [6.07, 6.45) is 0. The van der Waals surface area contributed by atoms with Crippen LogP contribution in [0.3, 0.4) is 0 Å². The van der Waals surface area contributed by atoms with Crippen molar-refractivity contribution in [2.24, 2.45) is 0 Å². The Kier molecular flexibility index (Phi) is 3.09. The lowest BCUT2D eigenvalue weighted by Gasteiger charge is -2.07. The lowest BCUT2D eigenvalue weighted by molar-refractivity contribution is 0.411. The van der Waals surface area contributed by atoms with Gasteiger partial charge in [-0.2, -0.15) is 0 Å². The zero-order chi connectivity index (χ0) is 12.4. The van der Waals surface area contributed by atoms with E-state index in [1.165, 1.54) is 19.2 Å². The van der Waals surface area contributed by atoms with Crippen molar-refractivity contribution in [1.29, 1.82) is 0 Å². The summed E-state index contributed by atoms with van der Waals surface area (Å²) in [7, 11) is 1.47. The number of hydrogen-bond donors (Lipinski definition) is 0. The maximum absolute atomic E-state index is 13.8. The summed E-state index contributed by atoms with van der Waals surface area (Å²) in [4.78, 5) is 0. The Morgan fingerprint density at radius 1 is 0.941 bits per heavy atom. The number of rotatable bonds is 2. The van der Waals surface area contributed by atoms with Gasteiger partial charge in [-0.25, -0.2) is 8.78 Å². The third-order valence-electron chi connectivity index (χ3n) is 2.66. The first-order valence-corrected chi connectivity index (χ1v) is 5.22. The molecule has 88 valence electrons. The standard InChI is InChI=1S/C14H12F2O/c1-9-3-4-10(7-13(9)15)12-6-5-11(17-2)8-14(12)16/h3-8H,1-2H3. The van der Waals surface area contributed by atoms with E-state index in [0.29, 0.717) is 22.4 Å². The lowest BCUT2D eigenvalue weighted by Crippen LogP contribution is -1.90. The largest absolute Gasteiger partial charge is 0.497 e. The first-order valence-electron chi connectivity index (χ1n) is 5.22. The highest BCUT2D eigenvalue weighted by atomic mass is 19.1. The van der Waals surface area contributed by atoms with Crippen molar-refractivity contribution in [2.75, 3.05) is 7.11 Å². The van der Waals surface area contributed by atoms with Crippen LogP contribution in [0, 0.1) is 18.6 Å². The number of halogens is 2. The summed E-state index contributed by atoms with van der Waals surface area (Å²) in [6, 6.07) is 9.18. The summed E-state index contributed by atoms with van der Waals surface area (Å²) in [6.45, 7) is 1.67. The SMILES string of the molecule is COc1ccc(-c2ccc(C)c(F)c2)c(F)c1. The second kappa shape index (κ2) is 4.53. The molecule has 0 bridgehead atoms. The molecule has 0 saturated heterocycles. The van der Waals surface area contributed by atoms with E-state index in [2.05, 4.69) is 0 Å². The Hall–Kier alpha value is -1.90. The van der Waals surface area contributed by atoms with E-state index in [4.69, 9.17) is 4.74 Å². The molecular formula is C14H12F2O. The molecule has 3 heteroatoms. The van der Waals surface area contributed by atoms with Gasteiger partial charge in [0.1, 0.15) is 17.4 Å². The zero-order valence-corrected chi connectivity index (χ0v) is 9.63. The molecule has 0 radical (unpaired) electrons. The number of ether oxygens (including phenoxy) is 1. The minimum absolute atomic E-state index is 0.335. The van der Waals surface area contributed by atoms with Crippen molar-refractivity contribution in [3.05, 3.63) is 53.6 Å². The predicted molar refractivity (Wildman–Crippen MR) is 63.1 cm³/mol. The van der Waals surface area contributed by atoms with E-state index in [1.54, 1.807) is 31.2 Å². The molecule has 0 fully saturated rings. The van der Waals surface area contributed by atoms with Crippen LogP contribution in [0.5, 0.6) is 5.75 Å². The minimum atomic E-state index is -0.424. The molecular weight excluding hydrogens is 222 g/mol. The van der Waals surface area contributed by atoms with Crippen LogP contribution in [0.1, 0.15) is 5.56 Å². The van der Waals surface area contributed by atoms with Crippen LogP contribution in [-0.2, 0) is 0 Å². The maximum atomic E-state index is 13.8. The van der Waals surface area contributed by atoms with Crippen LogP contribution in [0.2, 0.25) is 0 Å². The fourth-order valence-electron chi connectivity index (χ4n) is 1.62. The van der Waals surface area contributed by atoms with E-state index in [9.17, 15) is 8.78 Å². The third-order valence-corrected chi connectivity index (χ3v) is 2.66. The Bertz CT molecular complexity index is 550. The molecule has 0 atom stereocenters. The van der Waals surface area contributed by atoms with Gasteiger partial charge in [0.25, 0.3) is 0 Å². The summed E-state index contributed by atoms with van der Waals surface area (Å²) in [5.74, 6) is -0.316. The van der Waals surface area contributed by atoms with Crippen LogP contribution < -0.4 is 4.74 Å². The molecule has 0 spiro atoms. The summed E-state index contributed by atoms with van der Waals surface area (Å²) in [5.41, 5.74) is 1.43. The maximum Gasteiger partial charge on any atom is 0.134 e. The van der Waals surface area contributed by atoms with Crippen molar-refractivity contribution >= 4 is 0 Å². The monoisotopic (exact) mass is 234 g/mol. The van der Waals surface area contributed by atoms with Crippen LogP contribution in [0.15, 0.2) is 36.4 Å². The number of methoxy groups -OCH3 is 1. The molecule has 0 aliphatic carbocycles. The minimum Gasteiger partial charge on any atom is -0.497 e. The average molecular weight is 234 g/mol. The van der Waals surface area contributed by atoms with Gasteiger partial charge < -0.3 is 4.74 Å². The number of hydrogen-bond acceptors (Lipinski definition) is 1. The molecule has 0 saturated carbocycles. The smallest absolute Gasteiger partial charge is 0.134 e. The third kappa shape index (κ3) is 2.28. The van der Waals surface area contributed by atoms with E-state index in [1.807, 2.05) is 0 Å². The van der Waals surface area contributed by atoms with Crippen molar-refractivity contribution < 1.29 is 13.5 Å². The number of benzene rings is 2. The highest BCUT2D eigenvalue weighted by molar-refractivity contribution is 5.65. The molecule has 0 aliphatic rings. The molecule has 0 unspecified atom stereocenters. The molecule has 2 rings (SSSR count). The molecule has 17 heavy (non-hydrogen) atoms. The Morgan fingerprint density at radius 2 is 1.71 bits per heavy atom. The topological polar surface area (TPSA) is 9.23 Å². The van der Waals surface area contributed by atoms with Gasteiger partial charge >= 0.3 is 0 Å². The quantitative estimate of drug-likeness (QED) is 0.764. The molecule has 0 N–H and O–H groups in total. The Morgan fingerprint density at radius 3 is 2.29 bits per heavy atom. The summed E-state index contributed by atoms with van der Waals surface area (Å²) < 4.78 is 32.1. The summed E-state index contributed by atoms with van der Waals surface area (Å²) >= 11 is 0. The van der Waals surface area contributed by atoms with Gasteiger partial charge in [-0.05, 0) is 36.2 Å². The van der Waals surface area contributed by atoms with Gasteiger partial charge in [-0.3, -0.25) is 0 Å². The normalized spacial score (nSPS) is 10.4. The van der Waals surface area contributed by atoms with E-state index >= 15 is 0 Å². The lowest BCUT2D eigenvalue weighted by atomic mass is 10.0. The predicted octanol–water partition coefficient (Wildman–Crippen LogP) is 3.95. The highest BCUT2D eigenvalue weighted by Crippen LogP contribution is 2.27. The van der Waals surface area contributed by atoms with Crippen LogP contribution in [0.25, 0.3) is 11.1 Å². The first-order chi connectivity index (χ1) is 8.11. The van der Waals surface area contributed by atoms with E-state index in [-0.39, 0.29) is 5.82 Å². The van der Waals surface area contributed by atoms with E-state index in [0.717, 1.165) is 0 Å². The van der Waals surface area contributed by atoms with Crippen molar-refractivity contribution in [3.8, 4) is 16.9 Å². The highest BCUT2D eigenvalue weighted by Gasteiger charge is 2.08. The fourth-order valence-corrected chi connectivity index (χ4v) is 1.62. The van der Waals surface area contributed by atoms with Crippen LogP contribution in [0.4, 0.5) is 8.78 Å². The van der Waals surface area contributed by atoms with Gasteiger partial charge in [-0.1, -0.05) is 12.1 Å². The summed E-state index contributed by atoms with van der Waals surface area (Å²) in [5, 5.41) is 0.